The van der Waals surface area contributed by atoms with E-state index in [1.807, 2.05) is 0 Å². The quantitative estimate of drug-likeness (QED) is 0.706. The lowest BCUT2D eigenvalue weighted by Crippen LogP contribution is -2.45. The van der Waals surface area contributed by atoms with Gasteiger partial charge in [0.15, 0.2) is 6.10 Å². The van der Waals surface area contributed by atoms with E-state index in [-0.39, 0.29) is 29.4 Å². The molecule has 0 aliphatic rings. The summed E-state index contributed by atoms with van der Waals surface area (Å²) in [5, 5.41) is 20.4. The number of aliphatic hydroxyl groups is 1. The average molecular weight is 412 g/mol. The van der Waals surface area contributed by atoms with Gasteiger partial charge >= 0.3 is 12.2 Å². The molecule has 154 valence electrons. The fourth-order valence-electron chi connectivity index (χ4n) is 2.20. The van der Waals surface area contributed by atoms with Gasteiger partial charge in [0.1, 0.15) is 34.8 Å². The maximum absolute atomic E-state index is 13.6. The molecule has 11 heteroatoms. The van der Waals surface area contributed by atoms with E-state index in [0.717, 1.165) is 11.0 Å². The molecular weight excluding hydrogens is 396 g/mol. The summed E-state index contributed by atoms with van der Waals surface area (Å²) < 4.78 is 56.4. The van der Waals surface area contributed by atoms with E-state index in [1.54, 1.807) is 6.07 Å². The second-order valence-corrected chi connectivity index (χ2v) is 5.73. The SMILES string of the molecule is CCN(C[C@@H](O)C(F)(F)F)C(=O)Nc1ccc(Oc2cccc(F)c2C#N)cn1. The summed E-state index contributed by atoms with van der Waals surface area (Å²) >= 11 is 0. The Bertz CT molecular complexity index is 897. The number of pyridine rings is 1. The highest BCUT2D eigenvalue weighted by Gasteiger charge is 2.39. The van der Waals surface area contributed by atoms with Crippen molar-refractivity contribution in [2.45, 2.75) is 19.2 Å². The van der Waals surface area contributed by atoms with Gasteiger partial charge in [0, 0.05) is 6.54 Å². The van der Waals surface area contributed by atoms with E-state index in [1.165, 1.54) is 37.4 Å². The third kappa shape index (κ3) is 5.79. The van der Waals surface area contributed by atoms with E-state index in [4.69, 9.17) is 15.1 Å². The number of ether oxygens (including phenoxy) is 1. The maximum atomic E-state index is 13.6. The monoisotopic (exact) mass is 412 g/mol. The summed E-state index contributed by atoms with van der Waals surface area (Å²) in [6.45, 7) is 0.457. The van der Waals surface area contributed by atoms with Gasteiger partial charge < -0.3 is 14.7 Å². The van der Waals surface area contributed by atoms with Crippen LogP contribution in [-0.4, -0.2) is 46.4 Å². The summed E-state index contributed by atoms with van der Waals surface area (Å²) in [5.74, 6) is -0.612. The third-order valence-electron chi connectivity index (χ3n) is 3.73. The standard InChI is InChI=1S/C18H16F4N4O3/c1-2-26(10-15(27)18(20,21)22)17(28)25-16-7-6-11(9-24-16)29-14-5-3-4-13(19)12(14)8-23/h3-7,9,15,27H,2,10H2,1H3,(H,24,25,28)/t15-/m1/s1. The van der Waals surface area contributed by atoms with Crippen molar-refractivity contribution in [2.24, 2.45) is 0 Å². The van der Waals surface area contributed by atoms with Crippen LogP contribution in [0.3, 0.4) is 0 Å². The van der Waals surface area contributed by atoms with Gasteiger partial charge in [-0.15, -0.1) is 0 Å². The molecule has 2 rings (SSSR count). The highest BCUT2D eigenvalue weighted by atomic mass is 19.4. The Labute approximate surface area is 163 Å². The van der Waals surface area contributed by atoms with Crippen LogP contribution in [0.25, 0.3) is 0 Å². The number of aromatic nitrogens is 1. The number of aliphatic hydroxyl groups excluding tert-OH is 1. The number of nitrogens with one attached hydrogen (secondary N) is 1. The van der Waals surface area contributed by atoms with Crippen molar-refractivity contribution in [3.05, 3.63) is 47.9 Å². The van der Waals surface area contributed by atoms with Crippen molar-refractivity contribution < 1.29 is 32.2 Å². The summed E-state index contributed by atoms with van der Waals surface area (Å²) in [5.41, 5.74) is -0.285. The Balaban J connectivity index is 2.04. The first-order chi connectivity index (χ1) is 13.7. The van der Waals surface area contributed by atoms with Gasteiger partial charge in [0.2, 0.25) is 0 Å². The number of carbonyl (C=O) groups is 1. The molecular formula is C18H16F4N4O3. The largest absolute Gasteiger partial charge is 0.454 e. The molecule has 0 aliphatic heterocycles. The number of benzene rings is 1. The number of anilines is 1. The van der Waals surface area contributed by atoms with Crippen LogP contribution in [0.1, 0.15) is 12.5 Å². The Hall–Kier alpha value is -3.39. The predicted molar refractivity (Wildman–Crippen MR) is 93.8 cm³/mol. The number of rotatable bonds is 6. The Morgan fingerprint density at radius 3 is 2.66 bits per heavy atom. The number of urea groups is 1. The Morgan fingerprint density at radius 1 is 1.38 bits per heavy atom. The molecule has 2 amide bonds. The molecule has 29 heavy (non-hydrogen) atoms. The minimum atomic E-state index is -4.84. The number of nitrogens with zero attached hydrogens (tertiary/aromatic N) is 3. The van der Waals surface area contributed by atoms with Crippen LogP contribution >= 0.6 is 0 Å². The van der Waals surface area contributed by atoms with Crippen LogP contribution < -0.4 is 10.1 Å². The average Bonchev–Trinajstić information content (AvgIpc) is 2.66. The van der Waals surface area contributed by atoms with Crippen LogP contribution in [0, 0.1) is 17.1 Å². The summed E-state index contributed by atoms with van der Waals surface area (Å²) in [4.78, 5) is 16.8. The van der Waals surface area contributed by atoms with Crippen molar-refractivity contribution in [1.82, 2.24) is 9.88 Å². The summed E-state index contributed by atoms with van der Waals surface area (Å²) in [7, 11) is 0. The molecule has 2 N–H and O–H groups in total. The van der Waals surface area contributed by atoms with Crippen LogP contribution in [0.5, 0.6) is 11.5 Å². The van der Waals surface area contributed by atoms with Gasteiger partial charge in [0.05, 0.1) is 12.7 Å². The van der Waals surface area contributed by atoms with Gasteiger partial charge in [0.25, 0.3) is 0 Å². The molecule has 0 saturated carbocycles. The minimum absolute atomic E-state index is 0.0158. The zero-order chi connectivity index (χ0) is 21.6. The highest BCUT2D eigenvalue weighted by molar-refractivity contribution is 5.88. The fraction of sp³-hybridized carbons (Fsp3) is 0.278. The highest BCUT2D eigenvalue weighted by Crippen LogP contribution is 2.27. The van der Waals surface area contributed by atoms with E-state index < -0.39 is 30.7 Å². The molecule has 1 atom stereocenters. The van der Waals surface area contributed by atoms with Gasteiger partial charge in [-0.1, -0.05) is 6.07 Å². The van der Waals surface area contributed by atoms with Gasteiger partial charge in [-0.2, -0.15) is 18.4 Å². The third-order valence-corrected chi connectivity index (χ3v) is 3.73. The van der Waals surface area contributed by atoms with E-state index >= 15 is 0 Å². The first-order valence-corrected chi connectivity index (χ1v) is 8.29. The lowest BCUT2D eigenvalue weighted by molar-refractivity contribution is -0.206. The predicted octanol–water partition coefficient (Wildman–Crippen LogP) is 3.66. The molecule has 1 aromatic carbocycles. The smallest absolute Gasteiger partial charge is 0.416 e. The summed E-state index contributed by atoms with van der Waals surface area (Å²) in [6, 6.07) is 7.35. The molecule has 0 unspecified atom stereocenters. The van der Waals surface area contributed by atoms with Crippen molar-refractivity contribution >= 4 is 11.8 Å². The molecule has 0 bridgehead atoms. The Morgan fingerprint density at radius 2 is 2.10 bits per heavy atom. The van der Waals surface area contributed by atoms with Gasteiger partial charge in [-0.3, -0.25) is 5.32 Å². The molecule has 1 aromatic heterocycles. The van der Waals surface area contributed by atoms with Crippen molar-refractivity contribution in [3.63, 3.8) is 0 Å². The normalized spacial score (nSPS) is 12.0. The number of nitriles is 1. The van der Waals surface area contributed by atoms with Crippen LogP contribution in [0.15, 0.2) is 36.5 Å². The topological polar surface area (TPSA) is 98.5 Å². The number of carbonyl (C=O) groups excluding carboxylic acids is 1. The number of alkyl halides is 3. The minimum Gasteiger partial charge on any atom is -0.454 e. The first kappa shape index (κ1) is 21.9. The van der Waals surface area contributed by atoms with E-state index in [2.05, 4.69) is 10.3 Å². The Kier molecular flexibility index (Phi) is 6.95. The zero-order valence-electron chi connectivity index (χ0n) is 15.1. The molecule has 2 aromatic rings. The molecule has 0 aliphatic carbocycles. The number of hydrogen-bond donors (Lipinski definition) is 2. The first-order valence-electron chi connectivity index (χ1n) is 8.29. The second-order valence-electron chi connectivity index (χ2n) is 5.73. The number of amides is 2. The lowest BCUT2D eigenvalue weighted by Gasteiger charge is -2.25. The van der Waals surface area contributed by atoms with Crippen molar-refractivity contribution in [2.75, 3.05) is 18.4 Å². The maximum Gasteiger partial charge on any atom is 0.416 e. The molecule has 7 nitrogen and oxygen atoms in total. The number of likely N-dealkylation sites (N-methyl/N-ethyl adjacent to an activating group) is 1. The van der Waals surface area contributed by atoms with Crippen molar-refractivity contribution in [3.8, 4) is 17.6 Å². The number of halogens is 4. The molecule has 0 fully saturated rings. The summed E-state index contributed by atoms with van der Waals surface area (Å²) in [6.07, 6.45) is -6.33. The van der Waals surface area contributed by atoms with Crippen LogP contribution in [-0.2, 0) is 0 Å². The van der Waals surface area contributed by atoms with E-state index in [9.17, 15) is 22.4 Å². The lowest BCUT2D eigenvalue weighted by atomic mass is 10.2. The number of hydrogen-bond acceptors (Lipinski definition) is 5. The van der Waals surface area contributed by atoms with Gasteiger partial charge in [-0.05, 0) is 31.2 Å². The van der Waals surface area contributed by atoms with Crippen LogP contribution in [0.4, 0.5) is 28.2 Å². The van der Waals surface area contributed by atoms with Crippen molar-refractivity contribution in [1.29, 1.82) is 5.26 Å². The van der Waals surface area contributed by atoms with Crippen LogP contribution in [0.2, 0.25) is 0 Å². The second kappa shape index (κ2) is 9.20. The fourth-order valence-corrected chi connectivity index (χ4v) is 2.20. The molecule has 0 saturated heterocycles. The zero-order valence-corrected chi connectivity index (χ0v) is 15.1. The van der Waals surface area contributed by atoms with E-state index in [0.29, 0.717) is 0 Å². The molecule has 1 heterocycles. The molecule has 0 radical (unpaired) electrons. The van der Waals surface area contributed by atoms with Gasteiger partial charge in [-0.25, -0.2) is 14.2 Å². The molecule has 0 spiro atoms.